The molecule has 1 aromatic rings. The van der Waals surface area contributed by atoms with Crippen molar-refractivity contribution >= 4 is 0 Å². The standard InChI is InChI=1S/C13H16F3NO/c14-13(15,16)12(18)11-7-4-8-17(11)9-10-5-2-1-3-6-10/h1-3,5-6,11-12,18H,4,7-9H2. The van der Waals surface area contributed by atoms with Gasteiger partial charge >= 0.3 is 6.18 Å². The third-order valence-electron chi connectivity index (χ3n) is 3.34. The molecule has 0 bridgehead atoms. The summed E-state index contributed by atoms with van der Waals surface area (Å²) in [5, 5.41) is 9.37. The number of benzene rings is 1. The average molecular weight is 259 g/mol. The predicted octanol–water partition coefficient (Wildman–Crippen LogP) is 2.57. The lowest BCUT2D eigenvalue weighted by Gasteiger charge is -2.29. The Morgan fingerprint density at radius 1 is 1.28 bits per heavy atom. The highest BCUT2D eigenvalue weighted by Crippen LogP contribution is 2.31. The maximum Gasteiger partial charge on any atom is 0.415 e. The summed E-state index contributed by atoms with van der Waals surface area (Å²) in [4.78, 5) is 1.72. The Bertz CT molecular complexity index is 380. The Labute approximate surface area is 104 Å². The predicted molar refractivity (Wildman–Crippen MR) is 61.9 cm³/mol. The Morgan fingerprint density at radius 2 is 1.94 bits per heavy atom. The van der Waals surface area contributed by atoms with Gasteiger partial charge in [0.2, 0.25) is 0 Å². The first kappa shape index (κ1) is 13.4. The molecule has 2 unspecified atom stereocenters. The molecule has 0 aliphatic carbocycles. The van der Waals surface area contributed by atoms with Gasteiger partial charge in [0.25, 0.3) is 0 Å². The zero-order chi connectivity index (χ0) is 13.2. The topological polar surface area (TPSA) is 23.5 Å². The SMILES string of the molecule is OC(C1CCCN1Cc1ccccc1)C(F)(F)F. The Balaban J connectivity index is 2.04. The third kappa shape index (κ3) is 3.03. The van der Waals surface area contributed by atoms with Gasteiger partial charge in [-0.2, -0.15) is 13.2 Å². The monoisotopic (exact) mass is 259 g/mol. The van der Waals surface area contributed by atoms with Crippen LogP contribution >= 0.6 is 0 Å². The van der Waals surface area contributed by atoms with Crippen LogP contribution in [0.3, 0.4) is 0 Å². The first-order valence-electron chi connectivity index (χ1n) is 6.01. The number of alkyl halides is 3. The fourth-order valence-corrected chi connectivity index (χ4v) is 2.44. The maximum atomic E-state index is 12.5. The van der Waals surface area contributed by atoms with Crippen molar-refractivity contribution in [3.8, 4) is 0 Å². The highest BCUT2D eigenvalue weighted by molar-refractivity contribution is 5.15. The molecule has 0 spiro atoms. The molecule has 1 saturated heterocycles. The molecule has 18 heavy (non-hydrogen) atoms. The van der Waals surface area contributed by atoms with E-state index >= 15 is 0 Å². The molecule has 1 fully saturated rings. The number of rotatable bonds is 3. The van der Waals surface area contributed by atoms with Crippen LogP contribution in [0.15, 0.2) is 30.3 Å². The van der Waals surface area contributed by atoms with Gasteiger partial charge in [-0.15, -0.1) is 0 Å². The number of nitrogens with zero attached hydrogens (tertiary/aromatic N) is 1. The van der Waals surface area contributed by atoms with Crippen molar-refractivity contribution in [1.29, 1.82) is 0 Å². The van der Waals surface area contributed by atoms with Crippen LogP contribution < -0.4 is 0 Å². The van der Waals surface area contributed by atoms with Gasteiger partial charge in [-0.1, -0.05) is 30.3 Å². The van der Waals surface area contributed by atoms with Gasteiger partial charge in [0.05, 0.1) is 0 Å². The van der Waals surface area contributed by atoms with Gasteiger partial charge < -0.3 is 5.11 Å². The number of likely N-dealkylation sites (tertiary alicyclic amines) is 1. The van der Waals surface area contributed by atoms with Crippen LogP contribution in [0.25, 0.3) is 0 Å². The normalized spacial score (nSPS) is 23.2. The molecule has 0 aromatic heterocycles. The van der Waals surface area contributed by atoms with E-state index in [0.717, 1.165) is 5.56 Å². The summed E-state index contributed by atoms with van der Waals surface area (Å²) in [6.07, 6.45) is -5.69. The molecular weight excluding hydrogens is 243 g/mol. The lowest BCUT2D eigenvalue weighted by molar-refractivity contribution is -0.219. The molecule has 5 heteroatoms. The smallest absolute Gasteiger partial charge is 0.382 e. The zero-order valence-corrected chi connectivity index (χ0v) is 9.90. The Hall–Kier alpha value is -1.07. The molecule has 1 aliphatic rings. The second kappa shape index (κ2) is 5.28. The fourth-order valence-electron chi connectivity index (χ4n) is 2.44. The molecule has 100 valence electrons. The summed E-state index contributed by atoms with van der Waals surface area (Å²) < 4.78 is 37.6. The maximum absolute atomic E-state index is 12.5. The molecule has 1 N–H and O–H groups in total. The fraction of sp³-hybridized carbons (Fsp3) is 0.538. The van der Waals surface area contributed by atoms with Crippen LogP contribution in [0.2, 0.25) is 0 Å². The molecule has 1 aromatic carbocycles. The summed E-state index contributed by atoms with van der Waals surface area (Å²) >= 11 is 0. The van der Waals surface area contributed by atoms with Gasteiger partial charge in [-0.05, 0) is 24.9 Å². The summed E-state index contributed by atoms with van der Waals surface area (Å²) in [6.45, 7) is 1.06. The number of aliphatic hydroxyl groups excluding tert-OH is 1. The summed E-state index contributed by atoms with van der Waals surface area (Å²) in [7, 11) is 0. The van der Waals surface area contributed by atoms with E-state index in [0.29, 0.717) is 25.9 Å². The highest BCUT2D eigenvalue weighted by Gasteiger charge is 2.46. The molecule has 2 rings (SSSR count). The van der Waals surface area contributed by atoms with E-state index in [1.807, 2.05) is 30.3 Å². The minimum atomic E-state index is -4.54. The van der Waals surface area contributed by atoms with Crippen LogP contribution in [0, 0.1) is 0 Å². The van der Waals surface area contributed by atoms with E-state index in [2.05, 4.69) is 0 Å². The largest absolute Gasteiger partial charge is 0.415 e. The van der Waals surface area contributed by atoms with E-state index in [9.17, 15) is 18.3 Å². The number of aliphatic hydroxyl groups is 1. The van der Waals surface area contributed by atoms with Crippen molar-refractivity contribution in [2.75, 3.05) is 6.54 Å². The molecule has 2 nitrogen and oxygen atoms in total. The lowest BCUT2D eigenvalue weighted by Crippen LogP contribution is -2.46. The molecule has 1 aliphatic heterocycles. The molecule has 2 atom stereocenters. The minimum Gasteiger partial charge on any atom is -0.382 e. The van der Waals surface area contributed by atoms with Crippen molar-refractivity contribution in [2.45, 2.75) is 37.7 Å². The average Bonchev–Trinajstić information content (AvgIpc) is 2.76. The van der Waals surface area contributed by atoms with E-state index in [4.69, 9.17) is 0 Å². The van der Waals surface area contributed by atoms with Gasteiger partial charge in [0, 0.05) is 12.6 Å². The molecule has 0 amide bonds. The molecular formula is C13H16F3NO. The summed E-state index contributed by atoms with van der Waals surface area (Å²) in [6, 6.07) is 8.55. The van der Waals surface area contributed by atoms with Gasteiger partial charge in [0.15, 0.2) is 6.10 Å². The molecule has 0 radical (unpaired) electrons. The second-order valence-corrected chi connectivity index (χ2v) is 4.65. The Kier molecular flexibility index (Phi) is 3.92. The van der Waals surface area contributed by atoms with Crippen molar-refractivity contribution in [3.63, 3.8) is 0 Å². The van der Waals surface area contributed by atoms with Crippen molar-refractivity contribution in [3.05, 3.63) is 35.9 Å². The molecule has 0 saturated carbocycles. The summed E-state index contributed by atoms with van der Waals surface area (Å²) in [5.41, 5.74) is 0.971. The lowest BCUT2D eigenvalue weighted by atomic mass is 10.1. The number of halogens is 3. The van der Waals surface area contributed by atoms with Gasteiger partial charge in [-0.25, -0.2) is 0 Å². The first-order valence-corrected chi connectivity index (χ1v) is 6.01. The summed E-state index contributed by atoms with van der Waals surface area (Å²) in [5.74, 6) is 0. The zero-order valence-electron chi connectivity index (χ0n) is 9.90. The van der Waals surface area contributed by atoms with E-state index in [1.54, 1.807) is 4.90 Å². The van der Waals surface area contributed by atoms with Crippen molar-refractivity contribution < 1.29 is 18.3 Å². The minimum absolute atomic E-state index is 0.396. The van der Waals surface area contributed by atoms with Crippen LogP contribution in [0.1, 0.15) is 18.4 Å². The van der Waals surface area contributed by atoms with Gasteiger partial charge in [0.1, 0.15) is 0 Å². The van der Waals surface area contributed by atoms with Crippen LogP contribution in [-0.4, -0.2) is 34.9 Å². The second-order valence-electron chi connectivity index (χ2n) is 4.65. The van der Waals surface area contributed by atoms with Crippen molar-refractivity contribution in [1.82, 2.24) is 4.90 Å². The van der Waals surface area contributed by atoms with E-state index in [1.165, 1.54) is 0 Å². The highest BCUT2D eigenvalue weighted by atomic mass is 19.4. The first-order chi connectivity index (χ1) is 8.48. The molecule has 1 heterocycles. The Morgan fingerprint density at radius 3 is 2.56 bits per heavy atom. The third-order valence-corrected chi connectivity index (χ3v) is 3.34. The van der Waals surface area contributed by atoms with Crippen LogP contribution in [-0.2, 0) is 6.54 Å². The quantitative estimate of drug-likeness (QED) is 0.901. The number of hydrogen-bond donors (Lipinski definition) is 1. The van der Waals surface area contributed by atoms with E-state index < -0.39 is 18.3 Å². The van der Waals surface area contributed by atoms with Crippen LogP contribution in [0.5, 0.6) is 0 Å². The van der Waals surface area contributed by atoms with Gasteiger partial charge in [-0.3, -0.25) is 4.90 Å². The van der Waals surface area contributed by atoms with E-state index in [-0.39, 0.29) is 0 Å². The van der Waals surface area contributed by atoms with Crippen LogP contribution in [0.4, 0.5) is 13.2 Å². The number of hydrogen-bond acceptors (Lipinski definition) is 2. The van der Waals surface area contributed by atoms with Crippen molar-refractivity contribution in [2.24, 2.45) is 0 Å².